The molecule has 7 aromatic rings. The van der Waals surface area contributed by atoms with Crippen molar-refractivity contribution in [2.75, 3.05) is 0 Å². The lowest BCUT2D eigenvalue weighted by molar-refractivity contribution is 1.30. The van der Waals surface area contributed by atoms with Crippen molar-refractivity contribution in [3.05, 3.63) is 121 Å². The first kappa shape index (κ1) is 23.1. The van der Waals surface area contributed by atoms with Crippen LogP contribution in [-0.2, 0) is 0 Å². The SMILES string of the molecule is C1=Cc2nc1c(-c1ccncc1)c1ccc([nH]1)c(-c1cccnc1)c1ccc([nH]1)c(-c1ccncc1)c1ccc2[nH]1. The van der Waals surface area contributed by atoms with Gasteiger partial charge in [-0.3, -0.25) is 15.0 Å². The Kier molecular flexibility index (Phi) is 5.31. The number of hydrogen-bond acceptors (Lipinski definition) is 4. The second-order valence-electron chi connectivity index (χ2n) is 9.91. The molecular weight excluding hydrogens is 506 g/mol. The van der Waals surface area contributed by atoms with E-state index >= 15 is 0 Å². The molecule has 7 nitrogen and oxygen atoms in total. The fourth-order valence-corrected chi connectivity index (χ4v) is 5.62. The molecule has 1 aliphatic heterocycles. The van der Waals surface area contributed by atoms with Crippen LogP contribution in [0.2, 0.25) is 0 Å². The van der Waals surface area contributed by atoms with Gasteiger partial charge >= 0.3 is 0 Å². The lowest BCUT2D eigenvalue weighted by atomic mass is 10.1. The zero-order valence-corrected chi connectivity index (χ0v) is 21.8. The van der Waals surface area contributed by atoms with Gasteiger partial charge in [0.05, 0.1) is 16.9 Å². The van der Waals surface area contributed by atoms with E-state index in [2.05, 4.69) is 84.5 Å². The molecule has 0 aliphatic carbocycles. The molecule has 194 valence electrons. The summed E-state index contributed by atoms with van der Waals surface area (Å²) in [6.45, 7) is 0. The number of hydrogen-bond donors (Lipinski definition) is 3. The summed E-state index contributed by atoms with van der Waals surface area (Å²) < 4.78 is 0. The highest BCUT2D eigenvalue weighted by Crippen LogP contribution is 2.35. The number of fused-ring (bicyclic) bond motifs is 9. The van der Waals surface area contributed by atoms with Crippen molar-refractivity contribution in [1.29, 1.82) is 0 Å². The van der Waals surface area contributed by atoms with Gasteiger partial charge in [0, 0.05) is 87.0 Å². The molecule has 0 spiro atoms. The van der Waals surface area contributed by atoms with Crippen LogP contribution in [0.1, 0.15) is 11.4 Å². The van der Waals surface area contributed by atoms with E-state index in [1.165, 1.54) is 0 Å². The number of H-pyrrole nitrogens is 3. The smallest absolute Gasteiger partial charge is 0.0872 e. The second kappa shape index (κ2) is 9.43. The highest BCUT2D eigenvalue weighted by Gasteiger charge is 2.15. The van der Waals surface area contributed by atoms with Crippen molar-refractivity contribution in [1.82, 2.24) is 34.9 Å². The number of rotatable bonds is 3. The van der Waals surface area contributed by atoms with E-state index in [4.69, 9.17) is 4.98 Å². The minimum Gasteiger partial charge on any atom is -0.354 e. The zero-order chi connectivity index (χ0) is 27.2. The Hall–Kier alpha value is -5.82. The molecule has 0 fully saturated rings. The van der Waals surface area contributed by atoms with E-state index in [0.717, 1.165) is 77.9 Å². The Balaban J connectivity index is 1.58. The molecule has 1 aliphatic rings. The standard InChI is InChI=1S/C34H23N7/c1-2-23(20-37-15-1)34-30-9-7-28(40-30)32(21-11-16-35-17-12-21)26-5-3-24(38-26)25-4-6-27(39-25)33(22-13-18-36-19-14-22)29-8-10-31(34)41-29/h1-20,38,40-41H. The van der Waals surface area contributed by atoms with Crippen molar-refractivity contribution in [3.8, 4) is 33.4 Å². The molecule has 41 heavy (non-hydrogen) atoms. The molecule has 8 bridgehead atoms. The van der Waals surface area contributed by atoms with Gasteiger partial charge < -0.3 is 15.0 Å². The number of aromatic nitrogens is 7. The van der Waals surface area contributed by atoms with Crippen LogP contribution in [0.25, 0.3) is 78.6 Å². The highest BCUT2D eigenvalue weighted by atomic mass is 14.8. The van der Waals surface area contributed by atoms with Crippen LogP contribution in [0.15, 0.2) is 110 Å². The zero-order valence-electron chi connectivity index (χ0n) is 21.8. The molecule has 7 heteroatoms. The first-order valence-electron chi connectivity index (χ1n) is 13.4. The predicted molar refractivity (Wildman–Crippen MR) is 165 cm³/mol. The number of nitrogens with zero attached hydrogens (tertiary/aromatic N) is 4. The fraction of sp³-hybridized carbons (Fsp3) is 0. The Morgan fingerprint density at radius 1 is 0.390 bits per heavy atom. The maximum absolute atomic E-state index is 5.09. The normalized spacial score (nSPS) is 11.8. The summed E-state index contributed by atoms with van der Waals surface area (Å²) in [6.07, 6.45) is 15.1. The Labute approximate surface area is 234 Å². The molecule has 3 N–H and O–H groups in total. The molecule has 8 rings (SSSR count). The van der Waals surface area contributed by atoms with Gasteiger partial charge in [-0.25, -0.2) is 4.98 Å². The van der Waals surface area contributed by atoms with Crippen molar-refractivity contribution in [3.63, 3.8) is 0 Å². The first-order valence-corrected chi connectivity index (χ1v) is 13.4. The Bertz CT molecular complexity index is 2190. The van der Waals surface area contributed by atoms with E-state index in [9.17, 15) is 0 Å². The molecule has 0 unspecified atom stereocenters. The number of nitrogens with one attached hydrogen (secondary N) is 3. The third-order valence-electron chi connectivity index (χ3n) is 7.46. The van der Waals surface area contributed by atoms with Gasteiger partial charge in [-0.2, -0.15) is 0 Å². The van der Waals surface area contributed by atoms with Crippen LogP contribution in [0.4, 0.5) is 0 Å². The minimum atomic E-state index is 0.878. The van der Waals surface area contributed by atoms with Gasteiger partial charge in [-0.15, -0.1) is 0 Å². The van der Waals surface area contributed by atoms with Crippen LogP contribution < -0.4 is 0 Å². The van der Waals surface area contributed by atoms with Gasteiger partial charge in [-0.05, 0) is 90.0 Å². The second-order valence-corrected chi connectivity index (χ2v) is 9.91. The summed E-state index contributed by atoms with van der Waals surface area (Å²) in [5.41, 5.74) is 13.8. The summed E-state index contributed by atoms with van der Waals surface area (Å²) in [5, 5.41) is 0. The summed E-state index contributed by atoms with van der Waals surface area (Å²) in [4.78, 5) is 29.1. The van der Waals surface area contributed by atoms with Crippen LogP contribution in [0.3, 0.4) is 0 Å². The molecule has 7 aromatic heterocycles. The number of aromatic amines is 3. The number of pyridine rings is 3. The molecule has 0 atom stereocenters. The molecular formula is C34H23N7. The van der Waals surface area contributed by atoms with Gasteiger partial charge in [-0.1, -0.05) is 6.07 Å². The largest absolute Gasteiger partial charge is 0.354 e. The Morgan fingerprint density at radius 3 is 1.46 bits per heavy atom. The average Bonchev–Trinajstić information content (AvgIpc) is 3.84. The molecule has 0 saturated heterocycles. The molecule has 0 radical (unpaired) electrons. The molecule has 8 heterocycles. The lowest BCUT2D eigenvalue weighted by Crippen LogP contribution is -1.86. The summed E-state index contributed by atoms with van der Waals surface area (Å²) in [5.74, 6) is 0. The Morgan fingerprint density at radius 2 is 0.878 bits per heavy atom. The maximum atomic E-state index is 5.09. The lowest BCUT2D eigenvalue weighted by Gasteiger charge is -2.04. The van der Waals surface area contributed by atoms with Gasteiger partial charge in [0.15, 0.2) is 0 Å². The molecule has 0 aromatic carbocycles. The van der Waals surface area contributed by atoms with E-state index in [0.29, 0.717) is 0 Å². The predicted octanol–water partition coefficient (Wildman–Crippen LogP) is 7.88. The monoisotopic (exact) mass is 529 g/mol. The summed E-state index contributed by atoms with van der Waals surface area (Å²) >= 11 is 0. The fourth-order valence-electron chi connectivity index (χ4n) is 5.62. The molecule has 0 amide bonds. The first-order chi connectivity index (χ1) is 20.3. The minimum absolute atomic E-state index is 0.878. The highest BCUT2D eigenvalue weighted by molar-refractivity contribution is 6.00. The van der Waals surface area contributed by atoms with Gasteiger partial charge in [0.1, 0.15) is 0 Å². The average molecular weight is 530 g/mol. The van der Waals surface area contributed by atoms with Crippen LogP contribution in [0.5, 0.6) is 0 Å². The van der Waals surface area contributed by atoms with Gasteiger partial charge in [0.2, 0.25) is 0 Å². The van der Waals surface area contributed by atoms with Crippen molar-refractivity contribution >= 4 is 45.3 Å². The summed E-state index contributed by atoms with van der Waals surface area (Å²) in [7, 11) is 0. The quantitative estimate of drug-likeness (QED) is 0.217. The topological polar surface area (TPSA) is 98.9 Å². The van der Waals surface area contributed by atoms with E-state index < -0.39 is 0 Å². The van der Waals surface area contributed by atoms with E-state index in [-0.39, 0.29) is 0 Å². The van der Waals surface area contributed by atoms with Crippen molar-refractivity contribution < 1.29 is 0 Å². The third-order valence-corrected chi connectivity index (χ3v) is 7.46. The van der Waals surface area contributed by atoms with Crippen LogP contribution >= 0.6 is 0 Å². The van der Waals surface area contributed by atoms with E-state index in [1.54, 1.807) is 6.20 Å². The summed E-state index contributed by atoms with van der Waals surface area (Å²) in [6, 6.07) is 24.8. The maximum Gasteiger partial charge on any atom is 0.0872 e. The van der Waals surface area contributed by atoms with Crippen molar-refractivity contribution in [2.24, 2.45) is 0 Å². The third kappa shape index (κ3) is 3.99. The van der Waals surface area contributed by atoms with Crippen LogP contribution in [-0.4, -0.2) is 34.9 Å². The van der Waals surface area contributed by atoms with Crippen molar-refractivity contribution in [2.45, 2.75) is 0 Å². The van der Waals surface area contributed by atoms with Gasteiger partial charge in [0.25, 0.3) is 0 Å². The van der Waals surface area contributed by atoms with E-state index in [1.807, 2.05) is 61.3 Å². The molecule has 0 saturated carbocycles. The van der Waals surface area contributed by atoms with Crippen LogP contribution in [0, 0.1) is 0 Å².